The van der Waals surface area contributed by atoms with Crippen molar-refractivity contribution in [2.24, 2.45) is 0 Å². The number of rotatable bonds is 5. The number of hydrogen-bond acceptors (Lipinski definition) is 8. The Hall–Kier alpha value is -4.71. The normalized spacial score (nSPS) is 16.0. The van der Waals surface area contributed by atoms with Gasteiger partial charge in [0.05, 0.1) is 18.7 Å². The summed E-state index contributed by atoms with van der Waals surface area (Å²) in [5.41, 5.74) is 1.35. The van der Waals surface area contributed by atoms with E-state index in [4.69, 9.17) is 9.47 Å². The van der Waals surface area contributed by atoms with Crippen LogP contribution in [0.25, 0.3) is 0 Å². The molecule has 0 aliphatic carbocycles. The number of carboxylic acid groups (broad SMARTS) is 1. The van der Waals surface area contributed by atoms with Gasteiger partial charge >= 0.3 is 18.2 Å². The lowest BCUT2D eigenvalue weighted by molar-refractivity contribution is -0.134. The Morgan fingerprint density at radius 2 is 1.71 bits per heavy atom. The molecular weight excluding hydrogens is 562 g/mol. The molecule has 3 heterocycles. The van der Waals surface area contributed by atoms with Gasteiger partial charge < -0.3 is 14.6 Å². The standard InChI is InChI=1S/C30H29N3O8S/c1-30(2,3)41-27(36)23-20-13-21(26(35)33-14-18-11-7-8-12-19(18)25(33)34)32(29(38)39)15-22(20)42-24(23)31-28(37)40-16-17-9-5-4-6-10-17/h4-12,21H,13-16H2,1-3H3,(H,31,37)(H,38,39). The summed E-state index contributed by atoms with van der Waals surface area (Å²) >= 11 is 1.01. The average Bonchev–Trinajstić information content (AvgIpc) is 3.47. The maximum Gasteiger partial charge on any atom is 0.412 e. The van der Waals surface area contributed by atoms with Crippen LogP contribution in [0.4, 0.5) is 14.6 Å². The zero-order valence-electron chi connectivity index (χ0n) is 23.2. The molecule has 0 saturated heterocycles. The lowest BCUT2D eigenvalue weighted by Crippen LogP contribution is -2.53. The fourth-order valence-electron chi connectivity index (χ4n) is 4.94. The predicted molar refractivity (Wildman–Crippen MR) is 152 cm³/mol. The Kier molecular flexibility index (Phi) is 7.74. The smallest absolute Gasteiger partial charge is 0.412 e. The third-order valence-corrected chi connectivity index (χ3v) is 7.96. The van der Waals surface area contributed by atoms with Gasteiger partial charge in [0.2, 0.25) is 0 Å². The molecule has 2 aliphatic rings. The number of esters is 1. The summed E-state index contributed by atoms with van der Waals surface area (Å²) in [6.45, 7) is 4.87. The first-order chi connectivity index (χ1) is 19.9. The number of carbonyl (C=O) groups excluding carboxylic acids is 4. The molecule has 0 spiro atoms. The van der Waals surface area contributed by atoms with Crippen molar-refractivity contribution >= 4 is 46.3 Å². The molecule has 42 heavy (non-hydrogen) atoms. The summed E-state index contributed by atoms with van der Waals surface area (Å²) in [6, 6.07) is 14.6. The summed E-state index contributed by atoms with van der Waals surface area (Å²) < 4.78 is 11.0. The van der Waals surface area contributed by atoms with E-state index < -0.39 is 41.6 Å². The van der Waals surface area contributed by atoms with Crippen LogP contribution in [-0.2, 0) is 40.4 Å². The molecule has 218 valence electrons. The van der Waals surface area contributed by atoms with Gasteiger partial charge in [-0.2, -0.15) is 0 Å². The van der Waals surface area contributed by atoms with Gasteiger partial charge in [-0.3, -0.25) is 24.7 Å². The molecule has 0 fully saturated rings. The molecule has 0 radical (unpaired) electrons. The van der Waals surface area contributed by atoms with E-state index in [-0.39, 0.29) is 36.7 Å². The van der Waals surface area contributed by atoms with Crippen LogP contribution < -0.4 is 5.32 Å². The van der Waals surface area contributed by atoms with Crippen LogP contribution in [0.2, 0.25) is 0 Å². The van der Waals surface area contributed by atoms with Gasteiger partial charge in [-0.1, -0.05) is 48.5 Å². The third-order valence-electron chi connectivity index (χ3n) is 6.83. The van der Waals surface area contributed by atoms with Crippen molar-refractivity contribution in [3.8, 4) is 0 Å². The summed E-state index contributed by atoms with van der Waals surface area (Å²) in [7, 11) is 0. The Bertz CT molecular complexity index is 1580. The van der Waals surface area contributed by atoms with Crippen molar-refractivity contribution in [2.75, 3.05) is 5.32 Å². The van der Waals surface area contributed by atoms with E-state index in [2.05, 4.69) is 5.32 Å². The topological polar surface area (TPSA) is 143 Å². The molecule has 12 heteroatoms. The van der Waals surface area contributed by atoms with Gasteiger partial charge in [-0.05, 0) is 43.5 Å². The highest BCUT2D eigenvalue weighted by Crippen LogP contribution is 2.40. The number of carbonyl (C=O) groups is 5. The number of ether oxygens (including phenoxy) is 2. The van der Waals surface area contributed by atoms with Gasteiger partial charge in [0.15, 0.2) is 0 Å². The van der Waals surface area contributed by atoms with Crippen LogP contribution >= 0.6 is 11.3 Å². The van der Waals surface area contributed by atoms with E-state index in [1.54, 1.807) is 57.2 Å². The monoisotopic (exact) mass is 591 g/mol. The summed E-state index contributed by atoms with van der Waals surface area (Å²) in [5.74, 6) is -1.94. The number of nitrogens with one attached hydrogen (secondary N) is 1. The van der Waals surface area contributed by atoms with Crippen molar-refractivity contribution in [1.29, 1.82) is 0 Å². The van der Waals surface area contributed by atoms with Gasteiger partial charge in [0.25, 0.3) is 11.8 Å². The van der Waals surface area contributed by atoms with Crippen molar-refractivity contribution in [3.05, 3.63) is 87.3 Å². The van der Waals surface area contributed by atoms with Crippen LogP contribution in [0, 0.1) is 0 Å². The number of anilines is 1. The molecule has 5 rings (SSSR count). The molecule has 1 atom stereocenters. The van der Waals surface area contributed by atoms with Crippen molar-refractivity contribution in [1.82, 2.24) is 9.80 Å². The minimum absolute atomic E-state index is 0.00481. The molecule has 3 aromatic rings. The van der Waals surface area contributed by atoms with Crippen LogP contribution in [0.15, 0.2) is 54.6 Å². The van der Waals surface area contributed by atoms with Crippen LogP contribution in [0.1, 0.15) is 63.1 Å². The van der Waals surface area contributed by atoms with Gasteiger partial charge in [0, 0.05) is 16.9 Å². The molecule has 1 aromatic heterocycles. The fourth-order valence-corrected chi connectivity index (χ4v) is 6.14. The Morgan fingerprint density at radius 3 is 2.38 bits per heavy atom. The molecule has 0 saturated carbocycles. The highest BCUT2D eigenvalue weighted by molar-refractivity contribution is 7.17. The SMILES string of the molecule is CC(C)(C)OC(=O)c1c(NC(=O)OCc2ccccc2)sc2c1CC(C(=O)N1Cc3ccccc3C1=O)N(C(=O)O)C2. The molecular formula is C30H29N3O8S. The minimum Gasteiger partial charge on any atom is -0.465 e. The van der Waals surface area contributed by atoms with E-state index in [0.29, 0.717) is 21.6 Å². The zero-order valence-corrected chi connectivity index (χ0v) is 24.0. The maximum absolute atomic E-state index is 13.7. The van der Waals surface area contributed by atoms with Crippen LogP contribution in [0.3, 0.4) is 0 Å². The van der Waals surface area contributed by atoms with Crippen molar-refractivity contribution < 1.29 is 38.6 Å². The highest BCUT2D eigenvalue weighted by Gasteiger charge is 2.44. The Labute approximate surface area is 245 Å². The first-order valence-electron chi connectivity index (χ1n) is 13.2. The number of nitrogens with zero attached hydrogens (tertiary/aromatic N) is 2. The second-order valence-electron chi connectivity index (χ2n) is 10.9. The van der Waals surface area contributed by atoms with Gasteiger partial charge in [-0.15, -0.1) is 11.3 Å². The van der Waals surface area contributed by atoms with Crippen LogP contribution in [-0.4, -0.2) is 56.5 Å². The van der Waals surface area contributed by atoms with Gasteiger partial charge in [0.1, 0.15) is 23.3 Å². The number of amides is 4. The van der Waals surface area contributed by atoms with Gasteiger partial charge in [-0.25, -0.2) is 14.4 Å². The van der Waals surface area contributed by atoms with E-state index in [1.165, 1.54) is 0 Å². The maximum atomic E-state index is 13.7. The number of benzene rings is 2. The van der Waals surface area contributed by atoms with Crippen molar-refractivity contribution in [3.63, 3.8) is 0 Å². The molecule has 11 nitrogen and oxygen atoms in total. The second kappa shape index (κ2) is 11.3. The lowest BCUT2D eigenvalue weighted by atomic mass is 9.95. The van der Waals surface area contributed by atoms with E-state index in [0.717, 1.165) is 26.7 Å². The summed E-state index contributed by atoms with van der Waals surface area (Å²) in [4.78, 5) is 67.7. The zero-order chi connectivity index (χ0) is 30.2. The number of imide groups is 1. The molecule has 1 unspecified atom stereocenters. The first-order valence-corrected chi connectivity index (χ1v) is 14.0. The number of hydrogen-bond donors (Lipinski definition) is 2. The average molecular weight is 592 g/mol. The third kappa shape index (κ3) is 5.84. The van der Waals surface area contributed by atoms with Crippen LogP contribution in [0.5, 0.6) is 0 Å². The predicted octanol–water partition coefficient (Wildman–Crippen LogP) is 5.04. The molecule has 2 N–H and O–H groups in total. The number of fused-ring (bicyclic) bond motifs is 2. The molecule has 0 bridgehead atoms. The highest BCUT2D eigenvalue weighted by atomic mass is 32.1. The molecule has 4 amide bonds. The Balaban J connectivity index is 1.45. The van der Waals surface area contributed by atoms with E-state index in [1.807, 2.05) is 18.2 Å². The largest absolute Gasteiger partial charge is 0.465 e. The van der Waals surface area contributed by atoms with E-state index in [9.17, 15) is 29.1 Å². The Morgan fingerprint density at radius 1 is 1.02 bits per heavy atom. The second-order valence-corrected chi connectivity index (χ2v) is 12.0. The van der Waals surface area contributed by atoms with E-state index >= 15 is 0 Å². The fraction of sp³-hybridized carbons (Fsp3) is 0.300. The summed E-state index contributed by atoms with van der Waals surface area (Å²) in [5, 5.41) is 12.7. The molecule has 2 aromatic carbocycles. The first kappa shape index (κ1) is 28.8. The quantitative estimate of drug-likeness (QED) is 0.310. The summed E-state index contributed by atoms with van der Waals surface area (Å²) in [6.07, 6.45) is -2.36. The molecule has 2 aliphatic heterocycles. The number of thiophene rings is 1. The van der Waals surface area contributed by atoms with Crippen molar-refractivity contribution in [2.45, 2.75) is 58.5 Å². The lowest BCUT2D eigenvalue weighted by Gasteiger charge is -2.34. The minimum atomic E-state index is -1.35.